The van der Waals surface area contributed by atoms with E-state index in [1.807, 2.05) is 0 Å². The summed E-state index contributed by atoms with van der Waals surface area (Å²) in [4.78, 5) is 0. The number of benzene rings is 5. The Bertz CT molecular complexity index is 1300. The van der Waals surface area contributed by atoms with Crippen LogP contribution in [-0.2, 0) is 0 Å². The van der Waals surface area contributed by atoms with Gasteiger partial charge >= 0.3 is 0 Å². The van der Waals surface area contributed by atoms with Crippen molar-refractivity contribution < 1.29 is 0 Å². The van der Waals surface area contributed by atoms with Crippen molar-refractivity contribution >= 4 is 10.8 Å². The lowest BCUT2D eigenvalue weighted by Gasteiger charge is -2.21. The molecule has 31 heavy (non-hydrogen) atoms. The van der Waals surface area contributed by atoms with Crippen LogP contribution in [0.5, 0.6) is 0 Å². The summed E-state index contributed by atoms with van der Waals surface area (Å²) in [6.45, 7) is 4.27. The Labute approximate surface area is 184 Å². The van der Waals surface area contributed by atoms with Crippen molar-refractivity contribution in [2.24, 2.45) is 0 Å². The molecule has 5 rings (SSSR count). The lowest BCUT2D eigenvalue weighted by molar-refractivity contribution is 0.988. The fourth-order valence-corrected chi connectivity index (χ4v) is 4.43. The molecule has 0 N–H and O–H groups in total. The number of hydrogen-bond donors (Lipinski definition) is 0. The fraction of sp³-hybridized carbons (Fsp3) is 0.0968. The molecular weight excluding hydrogens is 372 g/mol. The highest BCUT2D eigenvalue weighted by molar-refractivity contribution is 5.87. The van der Waals surface area contributed by atoms with Gasteiger partial charge in [0, 0.05) is 5.92 Å². The highest BCUT2D eigenvalue weighted by atomic mass is 14.2. The van der Waals surface area contributed by atoms with Gasteiger partial charge in [-0.25, -0.2) is 0 Å². The van der Waals surface area contributed by atoms with Crippen molar-refractivity contribution in [3.8, 4) is 11.1 Å². The standard InChI is InChI=1S/C31H26/c1-22-10-14-24(15-11-22)25-18-20-28(21-19-25)31(27-16-12-23(2)13-17-27)30-9-5-7-26-6-3-4-8-29(26)30/h3-21,31H,1-2H3. The first-order chi connectivity index (χ1) is 15.2. The zero-order valence-electron chi connectivity index (χ0n) is 18.0. The third kappa shape index (κ3) is 3.90. The normalized spacial score (nSPS) is 12.1. The molecule has 5 aromatic carbocycles. The van der Waals surface area contributed by atoms with Gasteiger partial charge in [-0.3, -0.25) is 0 Å². The van der Waals surface area contributed by atoms with Gasteiger partial charge in [0.1, 0.15) is 0 Å². The second-order valence-corrected chi connectivity index (χ2v) is 8.40. The molecule has 0 nitrogen and oxygen atoms in total. The molecule has 1 atom stereocenters. The predicted octanol–water partition coefficient (Wildman–Crippen LogP) is 8.30. The molecular formula is C31H26. The van der Waals surface area contributed by atoms with Gasteiger partial charge in [0.2, 0.25) is 0 Å². The van der Waals surface area contributed by atoms with Gasteiger partial charge in [-0.15, -0.1) is 0 Å². The average molecular weight is 399 g/mol. The van der Waals surface area contributed by atoms with E-state index in [0.29, 0.717) is 0 Å². The zero-order valence-corrected chi connectivity index (χ0v) is 18.0. The second kappa shape index (κ2) is 8.24. The molecule has 0 bridgehead atoms. The van der Waals surface area contributed by atoms with Gasteiger partial charge in [-0.1, -0.05) is 126 Å². The molecule has 0 aliphatic carbocycles. The van der Waals surface area contributed by atoms with E-state index in [9.17, 15) is 0 Å². The Hall–Kier alpha value is -3.64. The summed E-state index contributed by atoms with van der Waals surface area (Å²) in [5.41, 5.74) is 9.08. The summed E-state index contributed by atoms with van der Waals surface area (Å²) in [6, 6.07) is 42.2. The molecule has 0 spiro atoms. The van der Waals surface area contributed by atoms with Gasteiger partial charge in [0.25, 0.3) is 0 Å². The Morgan fingerprint density at radius 2 is 0.935 bits per heavy atom. The van der Waals surface area contributed by atoms with E-state index >= 15 is 0 Å². The number of rotatable bonds is 4. The Balaban J connectivity index is 1.64. The van der Waals surface area contributed by atoms with Crippen LogP contribution in [0, 0.1) is 13.8 Å². The summed E-state index contributed by atoms with van der Waals surface area (Å²) in [5, 5.41) is 2.60. The van der Waals surface area contributed by atoms with Gasteiger partial charge in [0.05, 0.1) is 0 Å². The Kier molecular flexibility index (Phi) is 5.14. The maximum Gasteiger partial charge on any atom is 0.0346 e. The molecule has 0 saturated heterocycles. The number of fused-ring (bicyclic) bond motifs is 1. The molecule has 0 heterocycles. The largest absolute Gasteiger partial charge is 0.0616 e. The average Bonchev–Trinajstić information content (AvgIpc) is 2.82. The van der Waals surface area contributed by atoms with Crippen LogP contribution in [0.1, 0.15) is 33.7 Å². The van der Waals surface area contributed by atoms with Crippen molar-refractivity contribution in [3.63, 3.8) is 0 Å². The molecule has 150 valence electrons. The van der Waals surface area contributed by atoms with E-state index in [-0.39, 0.29) is 5.92 Å². The Morgan fingerprint density at radius 3 is 1.58 bits per heavy atom. The van der Waals surface area contributed by atoms with E-state index < -0.39 is 0 Å². The van der Waals surface area contributed by atoms with E-state index in [2.05, 4.69) is 129 Å². The van der Waals surface area contributed by atoms with E-state index in [0.717, 1.165) is 0 Å². The van der Waals surface area contributed by atoms with Gasteiger partial charge in [-0.2, -0.15) is 0 Å². The lowest BCUT2D eigenvalue weighted by atomic mass is 9.82. The fourth-order valence-electron chi connectivity index (χ4n) is 4.43. The van der Waals surface area contributed by atoms with Crippen molar-refractivity contribution in [3.05, 3.63) is 143 Å². The minimum Gasteiger partial charge on any atom is -0.0616 e. The minimum atomic E-state index is 0.193. The summed E-state index contributed by atoms with van der Waals surface area (Å²) in [5.74, 6) is 0.193. The van der Waals surface area contributed by atoms with Crippen LogP contribution in [-0.4, -0.2) is 0 Å². The molecule has 1 unspecified atom stereocenters. The summed E-state index contributed by atoms with van der Waals surface area (Å²) in [7, 11) is 0. The smallest absolute Gasteiger partial charge is 0.0346 e. The third-order valence-electron chi connectivity index (χ3n) is 6.17. The maximum absolute atomic E-state index is 2.29. The molecule has 0 aliphatic heterocycles. The van der Waals surface area contributed by atoms with Crippen LogP contribution in [0.15, 0.2) is 115 Å². The van der Waals surface area contributed by atoms with Crippen LogP contribution >= 0.6 is 0 Å². The molecule has 0 amide bonds. The molecule has 0 saturated carbocycles. The van der Waals surface area contributed by atoms with Gasteiger partial charge in [-0.05, 0) is 52.4 Å². The van der Waals surface area contributed by atoms with Crippen molar-refractivity contribution in [2.75, 3.05) is 0 Å². The predicted molar refractivity (Wildman–Crippen MR) is 133 cm³/mol. The van der Waals surface area contributed by atoms with Crippen LogP contribution < -0.4 is 0 Å². The quantitative estimate of drug-likeness (QED) is 0.267. The van der Waals surface area contributed by atoms with Crippen LogP contribution in [0.4, 0.5) is 0 Å². The van der Waals surface area contributed by atoms with Gasteiger partial charge in [0.15, 0.2) is 0 Å². The molecule has 0 radical (unpaired) electrons. The van der Waals surface area contributed by atoms with Gasteiger partial charge < -0.3 is 0 Å². The van der Waals surface area contributed by atoms with Crippen molar-refractivity contribution in [1.82, 2.24) is 0 Å². The number of aryl methyl sites for hydroxylation is 2. The van der Waals surface area contributed by atoms with E-state index in [4.69, 9.17) is 0 Å². The van der Waals surface area contributed by atoms with Crippen LogP contribution in [0.2, 0.25) is 0 Å². The first kappa shape index (κ1) is 19.3. The lowest BCUT2D eigenvalue weighted by Crippen LogP contribution is -2.04. The molecule has 5 aromatic rings. The molecule has 0 heteroatoms. The monoisotopic (exact) mass is 398 g/mol. The second-order valence-electron chi connectivity index (χ2n) is 8.40. The first-order valence-corrected chi connectivity index (χ1v) is 10.9. The van der Waals surface area contributed by atoms with Crippen LogP contribution in [0.25, 0.3) is 21.9 Å². The summed E-state index contributed by atoms with van der Waals surface area (Å²) in [6.07, 6.45) is 0. The van der Waals surface area contributed by atoms with Crippen molar-refractivity contribution in [2.45, 2.75) is 19.8 Å². The summed E-state index contributed by atoms with van der Waals surface area (Å²) >= 11 is 0. The first-order valence-electron chi connectivity index (χ1n) is 10.9. The van der Waals surface area contributed by atoms with E-state index in [1.54, 1.807) is 0 Å². The third-order valence-corrected chi connectivity index (χ3v) is 6.17. The van der Waals surface area contributed by atoms with E-state index in [1.165, 1.54) is 49.7 Å². The topological polar surface area (TPSA) is 0 Å². The maximum atomic E-state index is 2.29. The Morgan fingerprint density at radius 1 is 0.452 bits per heavy atom. The number of hydrogen-bond acceptors (Lipinski definition) is 0. The zero-order chi connectivity index (χ0) is 21.2. The minimum absolute atomic E-state index is 0.193. The molecule has 0 aromatic heterocycles. The van der Waals surface area contributed by atoms with Crippen molar-refractivity contribution in [1.29, 1.82) is 0 Å². The highest BCUT2D eigenvalue weighted by Gasteiger charge is 2.19. The molecule has 0 fully saturated rings. The SMILES string of the molecule is Cc1ccc(-c2ccc(C(c3ccc(C)cc3)c3cccc4ccccc34)cc2)cc1. The van der Waals surface area contributed by atoms with Crippen LogP contribution in [0.3, 0.4) is 0 Å². The highest BCUT2D eigenvalue weighted by Crippen LogP contribution is 2.37. The summed E-state index contributed by atoms with van der Waals surface area (Å²) < 4.78 is 0. The molecule has 0 aliphatic rings.